The molecule has 168 valence electrons. The first-order valence-electron chi connectivity index (χ1n) is 9.55. The maximum Gasteiger partial charge on any atom is 0.490 e. The molecule has 2 aliphatic heterocycles. The molecule has 0 radical (unpaired) electrons. The van der Waals surface area contributed by atoms with E-state index in [1.165, 1.54) is 0 Å². The zero-order valence-corrected chi connectivity index (χ0v) is 17.1. The van der Waals surface area contributed by atoms with Crippen molar-refractivity contribution < 1.29 is 32.6 Å². The van der Waals surface area contributed by atoms with Crippen LogP contribution in [0, 0.1) is 0 Å². The number of hydrogen-bond donors (Lipinski definition) is 2. The highest BCUT2D eigenvalue weighted by atomic mass is 32.1. The number of ether oxygens (including phenoxy) is 1. The molecule has 0 saturated carbocycles. The van der Waals surface area contributed by atoms with Gasteiger partial charge in [-0.2, -0.15) is 13.2 Å². The summed E-state index contributed by atoms with van der Waals surface area (Å²) in [7, 11) is 0. The van der Waals surface area contributed by atoms with Gasteiger partial charge in [0.2, 0.25) is 11.9 Å². The Bertz CT molecular complexity index is 867. The predicted octanol–water partition coefficient (Wildman–Crippen LogP) is 2.61. The summed E-state index contributed by atoms with van der Waals surface area (Å²) in [6, 6.07) is 6.11. The number of hydrogen-bond acceptors (Lipinski definition) is 7. The number of nitrogens with one attached hydrogen (secondary N) is 1. The molecular weight excluding hydrogens is 437 g/mol. The number of alkyl halides is 3. The van der Waals surface area contributed by atoms with Crippen LogP contribution in [0.2, 0.25) is 0 Å². The lowest BCUT2D eigenvalue weighted by Gasteiger charge is -2.35. The van der Waals surface area contributed by atoms with E-state index in [4.69, 9.17) is 14.6 Å². The minimum absolute atomic E-state index is 0.00346. The second-order valence-electron chi connectivity index (χ2n) is 6.94. The normalized spacial score (nSPS) is 22.8. The van der Waals surface area contributed by atoms with Gasteiger partial charge in [-0.3, -0.25) is 4.79 Å². The zero-order valence-electron chi connectivity index (χ0n) is 16.3. The number of carboxylic acid groups (broad SMARTS) is 1. The number of aromatic nitrogens is 2. The van der Waals surface area contributed by atoms with Crippen LogP contribution in [0.15, 0.2) is 36.0 Å². The second-order valence-corrected chi connectivity index (χ2v) is 7.97. The van der Waals surface area contributed by atoms with Gasteiger partial charge in [0.1, 0.15) is 6.10 Å². The van der Waals surface area contributed by atoms with Crippen molar-refractivity contribution in [2.24, 2.45) is 0 Å². The molecule has 0 bridgehead atoms. The summed E-state index contributed by atoms with van der Waals surface area (Å²) < 4.78 is 37.8. The van der Waals surface area contributed by atoms with Crippen molar-refractivity contribution >= 4 is 29.2 Å². The molecule has 2 aromatic rings. The number of aliphatic carboxylic acids is 1. The van der Waals surface area contributed by atoms with Crippen molar-refractivity contribution in [3.8, 4) is 0 Å². The molecule has 2 fully saturated rings. The summed E-state index contributed by atoms with van der Waals surface area (Å²) in [6.45, 7) is 1.46. The van der Waals surface area contributed by atoms with Crippen LogP contribution in [0.4, 0.5) is 19.1 Å². The highest BCUT2D eigenvalue weighted by Crippen LogP contribution is 2.33. The third-order valence-corrected chi connectivity index (χ3v) is 5.78. The monoisotopic (exact) mass is 458 g/mol. The fourth-order valence-electron chi connectivity index (χ4n) is 3.51. The van der Waals surface area contributed by atoms with E-state index in [2.05, 4.69) is 20.2 Å². The van der Waals surface area contributed by atoms with Gasteiger partial charge in [-0.15, -0.1) is 11.3 Å². The smallest absolute Gasteiger partial charge is 0.475 e. The Kier molecular flexibility index (Phi) is 7.44. The lowest BCUT2D eigenvalue weighted by Crippen LogP contribution is -2.48. The third kappa shape index (κ3) is 6.14. The molecule has 2 aliphatic rings. The van der Waals surface area contributed by atoms with Crippen molar-refractivity contribution in [3.05, 3.63) is 40.8 Å². The average molecular weight is 458 g/mol. The van der Waals surface area contributed by atoms with E-state index in [0.717, 1.165) is 36.6 Å². The molecular formula is C19H21F3N4O4S. The Morgan fingerprint density at radius 2 is 1.94 bits per heavy atom. The summed E-state index contributed by atoms with van der Waals surface area (Å²) in [5, 5.41) is 12.1. The molecule has 12 heteroatoms. The third-order valence-electron chi connectivity index (χ3n) is 4.91. The first-order chi connectivity index (χ1) is 14.8. The standard InChI is InChI=1S/C17H20N4O2S.C2HF3O2/c22-16(20-11-12-3-1-10-24-12)15-5-4-13-14(23-15)6-9-21(13)17-18-7-2-8-19-17;3-2(4,5)1(6)7/h1-3,7-8,10,13-15H,4-6,9,11H2,(H,20,22);(H,6,7)/t13-,14-,15+;/m1./s1. The topological polar surface area (TPSA) is 105 Å². The van der Waals surface area contributed by atoms with Gasteiger partial charge < -0.3 is 20.1 Å². The van der Waals surface area contributed by atoms with E-state index in [1.54, 1.807) is 23.7 Å². The van der Waals surface area contributed by atoms with Gasteiger partial charge in [-0.05, 0) is 36.8 Å². The summed E-state index contributed by atoms with van der Waals surface area (Å²) >= 11 is 1.65. The van der Waals surface area contributed by atoms with Crippen LogP contribution in [0.3, 0.4) is 0 Å². The van der Waals surface area contributed by atoms with Crippen molar-refractivity contribution in [1.82, 2.24) is 15.3 Å². The number of thiophene rings is 1. The number of rotatable bonds is 4. The molecule has 0 aromatic carbocycles. The first kappa shape index (κ1) is 22.9. The van der Waals surface area contributed by atoms with E-state index in [1.807, 2.05) is 23.6 Å². The molecule has 8 nitrogen and oxygen atoms in total. The molecule has 3 atom stereocenters. The SMILES string of the molecule is O=C(NCc1cccs1)[C@@H]1CC[C@@H]2[C@@H](CCN2c2ncccn2)O1.O=C(O)C(F)(F)F. The van der Waals surface area contributed by atoms with Crippen LogP contribution in [-0.4, -0.2) is 57.9 Å². The Labute approximate surface area is 180 Å². The van der Waals surface area contributed by atoms with Crippen LogP contribution in [0.1, 0.15) is 24.1 Å². The molecule has 0 spiro atoms. The maximum atomic E-state index is 12.4. The van der Waals surface area contributed by atoms with Crippen LogP contribution in [-0.2, 0) is 20.9 Å². The minimum Gasteiger partial charge on any atom is -0.475 e. The number of amides is 1. The van der Waals surface area contributed by atoms with Crippen LogP contribution >= 0.6 is 11.3 Å². The summed E-state index contributed by atoms with van der Waals surface area (Å²) in [6.07, 6.45) is 0.765. The van der Waals surface area contributed by atoms with Gasteiger partial charge in [0.15, 0.2) is 0 Å². The minimum atomic E-state index is -5.08. The van der Waals surface area contributed by atoms with E-state index >= 15 is 0 Å². The van der Waals surface area contributed by atoms with Crippen molar-refractivity contribution in [2.75, 3.05) is 11.4 Å². The average Bonchev–Trinajstić information content (AvgIpc) is 3.41. The highest BCUT2D eigenvalue weighted by molar-refractivity contribution is 7.09. The van der Waals surface area contributed by atoms with Gasteiger partial charge in [0.25, 0.3) is 0 Å². The predicted molar refractivity (Wildman–Crippen MR) is 106 cm³/mol. The summed E-state index contributed by atoms with van der Waals surface area (Å²) in [4.78, 5) is 33.3. The quantitative estimate of drug-likeness (QED) is 0.726. The molecule has 0 unspecified atom stereocenters. The summed E-state index contributed by atoms with van der Waals surface area (Å²) in [5.74, 6) is -2.00. The maximum absolute atomic E-state index is 12.4. The number of carbonyl (C=O) groups is 2. The van der Waals surface area contributed by atoms with Crippen LogP contribution in [0.5, 0.6) is 0 Å². The Morgan fingerprint density at radius 3 is 2.55 bits per heavy atom. The molecule has 31 heavy (non-hydrogen) atoms. The first-order valence-corrected chi connectivity index (χ1v) is 10.4. The zero-order chi connectivity index (χ0) is 22.4. The molecule has 2 N–H and O–H groups in total. The molecule has 1 amide bonds. The molecule has 0 aliphatic carbocycles. The van der Waals surface area contributed by atoms with E-state index in [9.17, 15) is 18.0 Å². The largest absolute Gasteiger partial charge is 0.490 e. The Hall–Kier alpha value is -2.73. The number of carbonyl (C=O) groups excluding carboxylic acids is 1. The van der Waals surface area contributed by atoms with Crippen molar-refractivity contribution in [1.29, 1.82) is 0 Å². The number of halogens is 3. The van der Waals surface area contributed by atoms with Crippen molar-refractivity contribution in [2.45, 2.75) is 50.2 Å². The summed E-state index contributed by atoms with van der Waals surface area (Å²) in [5.41, 5.74) is 0. The van der Waals surface area contributed by atoms with E-state index in [-0.39, 0.29) is 24.2 Å². The van der Waals surface area contributed by atoms with Crippen LogP contribution in [0.25, 0.3) is 0 Å². The fraction of sp³-hybridized carbons (Fsp3) is 0.474. The number of anilines is 1. The molecule has 4 rings (SSSR count). The van der Waals surface area contributed by atoms with E-state index in [0.29, 0.717) is 6.54 Å². The fourth-order valence-corrected chi connectivity index (χ4v) is 4.15. The molecule has 2 aromatic heterocycles. The number of carboxylic acids is 1. The van der Waals surface area contributed by atoms with Gasteiger partial charge in [-0.1, -0.05) is 6.07 Å². The number of nitrogens with zero attached hydrogens (tertiary/aromatic N) is 3. The lowest BCUT2D eigenvalue weighted by atomic mass is 9.99. The Morgan fingerprint density at radius 1 is 1.23 bits per heavy atom. The van der Waals surface area contributed by atoms with Gasteiger partial charge in [-0.25, -0.2) is 14.8 Å². The second kappa shape index (κ2) is 10.1. The van der Waals surface area contributed by atoms with Crippen molar-refractivity contribution in [3.63, 3.8) is 0 Å². The molecule has 2 saturated heterocycles. The van der Waals surface area contributed by atoms with Gasteiger partial charge in [0.05, 0.1) is 18.7 Å². The van der Waals surface area contributed by atoms with E-state index < -0.39 is 12.1 Å². The lowest BCUT2D eigenvalue weighted by molar-refractivity contribution is -0.192. The highest BCUT2D eigenvalue weighted by Gasteiger charge is 2.42. The van der Waals surface area contributed by atoms with Gasteiger partial charge in [0, 0.05) is 23.8 Å². The van der Waals surface area contributed by atoms with Gasteiger partial charge >= 0.3 is 12.1 Å². The Balaban J connectivity index is 0.000000339. The van der Waals surface area contributed by atoms with Crippen LogP contribution < -0.4 is 10.2 Å². The number of fused-ring (bicyclic) bond motifs is 1. The molecule has 4 heterocycles.